The molecule has 0 spiro atoms. The average Bonchev–Trinajstić information content (AvgIpc) is 3.07. The minimum Gasteiger partial charge on any atom is -0.460 e. The number of nitrogens with one attached hydrogen (secondary N) is 1. The molecule has 1 heterocycles. The van der Waals surface area contributed by atoms with Gasteiger partial charge in [-0.05, 0) is 39.7 Å². The molecule has 0 amide bonds. The molecule has 1 aromatic heterocycles. The van der Waals surface area contributed by atoms with Crippen molar-refractivity contribution in [3.05, 3.63) is 11.7 Å². The smallest absolute Gasteiger partial charge is 0.307 e. The summed E-state index contributed by atoms with van der Waals surface area (Å²) in [4.78, 5) is 16.9. The van der Waals surface area contributed by atoms with E-state index in [1.54, 1.807) is 0 Å². The van der Waals surface area contributed by atoms with E-state index in [0.717, 1.165) is 25.3 Å². The number of carbonyl (C=O) groups is 1. The minimum absolute atomic E-state index is 0.0636. The molecule has 0 aromatic carbocycles. The Morgan fingerprint density at radius 2 is 2.04 bits per heavy atom. The van der Waals surface area contributed by atoms with Crippen molar-refractivity contribution < 1.29 is 14.1 Å². The fraction of sp³-hybridized carbons (Fsp3) is 0.857. The van der Waals surface area contributed by atoms with Crippen LogP contribution in [0.3, 0.4) is 0 Å². The van der Waals surface area contributed by atoms with Gasteiger partial charge in [0, 0.05) is 5.92 Å². The Hall–Kier alpha value is -1.43. The maximum Gasteiger partial charge on any atom is 0.307 e. The molecule has 1 fully saturated rings. The van der Waals surface area contributed by atoms with Gasteiger partial charge in [-0.2, -0.15) is 4.98 Å². The van der Waals surface area contributed by atoms with Crippen molar-refractivity contribution in [1.82, 2.24) is 15.5 Å². The van der Waals surface area contributed by atoms with Crippen LogP contribution in [0.1, 0.15) is 103 Å². The van der Waals surface area contributed by atoms with Crippen LogP contribution in [0.5, 0.6) is 0 Å². The van der Waals surface area contributed by atoms with Gasteiger partial charge in [-0.1, -0.05) is 57.0 Å². The number of ether oxygens (including phenoxy) is 1. The van der Waals surface area contributed by atoms with Crippen LogP contribution in [-0.2, 0) is 16.1 Å². The summed E-state index contributed by atoms with van der Waals surface area (Å²) in [5.74, 6) is 1.79. The fourth-order valence-corrected chi connectivity index (χ4v) is 3.77. The van der Waals surface area contributed by atoms with E-state index in [1.807, 2.05) is 27.7 Å². The van der Waals surface area contributed by atoms with E-state index in [9.17, 15) is 4.79 Å². The summed E-state index contributed by atoms with van der Waals surface area (Å²) in [6.07, 6.45) is 10.3. The monoisotopic (exact) mass is 379 g/mol. The van der Waals surface area contributed by atoms with Gasteiger partial charge in [0.2, 0.25) is 5.89 Å². The Morgan fingerprint density at radius 3 is 2.70 bits per heavy atom. The quantitative estimate of drug-likeness (QED) is 0.591. The van der Waals surface area contributed by atoms with Gasteiger partial charge in [-0.15, -0.1) is 0 Å². The summed E-state index contributed by atoms with van der Waals surface area (Å²) in [6.45, 7) is 9.16. The molecular weight excluding hydrogens is 342 g/mol. The van der Waals surface area contributed by atoms with Gasteiger partial charge in [-0.3, -0.25) is 4.79 Å². The van der Waals surface area contributed by atoms with Crippen LogP contribution in [0.2, 0.25) is 0 Å². The highest BCUT2D eigenvalue weighted by molar-refractivity contribution is 5.70. The van der Waals surface area contributed by atoms with Crippen molar-refractivity contribution in [2.24, 2.45) is 5.92 Å². The second-order valence-electron chi connectivity index (χ2n) is 8.75. The van der Waals surface area contributed by atoms with Gasteiger partial charge in [0.1, 0.15) is 5.60 Å². The van der Waals surface area contributed by atoms with Gasteiger partial charge in [0.15, 0.2) is 5.82 Å². The standard InChI is InChI=1S/C21H37N3O3/c1-5-22-15-18-23-20(27-24-18)17(14-19(25)26-21(2,3)4)13-9-12-16-10-7-6-8-11-16/h16-17,22H,5-15H2,1-4H3/t17-/m0/s1. The van der Waals surface area contributed by atoms with Gasteiger partial charge in [0.25, 0.3) is 0 Å². The first-order valence-electron chi connectivity index (χ1n) is 10.6. The Morgan fingerprint density at radius 1 is 1.30 bits per heavy atom. The second-order valence-corrected chi connectivity index (χ2v) is 8.75. The molecule has 1 N–H and O–H groups in total. The topological polar surface area (TPSA) is 77.2 Å². The highest BCUT2D eigenvalue weighted by Gasteiger charge is 2.26. The molecular formula is C21H37N3O3. The first kappa shape index (κ1) is 21.9. The van der Waals surface area contributed by atoms with E-state index in [0.29, 0.717) is 24.7 Å². The zero-order valence-corrected chi connectivity index (χ0v) is 17.6. The number of carbonyl (C=O) groups excluding carboxylic acids is 1. The van der Waals surface area contributed by atoms with Crippen LogP contribution in [0.15, 0.2) is 4.52 Å². The Balaban J connectivity index is 1.94. The van der Waals surface area contributed by atoms with Crippen molar-refractivity contribution in [1.29, 1.82) is 0 Å². The molecule has 1 aliphatic carbocycles. The molecule has 2 rings (SSSR count). The summed E-state index contributed by atoms with van der Waals surface area (Å²) < 4.78 is 11.0. The zero-order chi connectivity index (χ0) is 19.7. The molecule has 1 aliphatic rings. The van der Waals surface area contributed by atoms with Crippen molar-refractivity contribution in [3.8, 4) is 0 Å². The molecule has 0 radical (unpaired) electrons. The van der Waals surface area contributed by atoms with Gasteiger partial charge in [0.05, 0.1) is 13.0 Å². The molecule has 1 aromatic rings. The van der Waals surface area contributed by atoms with Crippen LogP contribution >= 0.6 is 0 Å². The molecule has 6 heteroatoms. The zero-order valence-electron chi connectivity index (χ0n) is 17.6. The number of rotatable bonds is 10. The number of hydrogen-bond donors (Lipinski definition) is 1. The summed E-state index contributed by atoms with van der Waals surface area (Å²) in [6, 6.07) is 0. The third-order valence-electron chi connectivity index (χ3n) is 5.09. The van der Waals surface area contributed by atoms with Crippen molar-refractivity contribution in [3.63, 3.8) is 0 Å². The van der Waals surface area contributed by atoms with E-state index in [2.05, 4.69) is 15.5 Å². The Bertz CT molecular complexity index is 559. The highest BCUT2D eigenvalue weighted by Crippen LogP contribution is 2.31. The van der Waals surface area contributed by atoms with E-state index >= 15 is 0 Å². The lowest BCUT2D eigenvalue weighted by molar-refractivity contribution is -0.155. The lowest BCUT2D eigenvalue weighted by Gasteiger charge is -2.23. The normalized spacial score (nSPS) is 17.0. The fourth-order valence-electron chi connectivity index (χ4n) is 3.77. The third-order valence-corrected chi connectivity index (χ3v) is 5.09. The summed E-state index contributed by atoms with van der Waals surface area (Å²) in [7, 11) is 0. The average molecular weight is 380 g/mol. The maximum absolute atomic E-state index is 12.4. The lowest BCUT2D eigenvalue weighted by Crippen LogP contribution is -2.25. The second kappa shape index (κ2) is 10.8. The lowest BCUT2D eigenvalue weighted by atomic mass is 9.84. The summed E-state index contributed by atoms with van der Waals surface area (Å²) in [5, 5.41) is 7.25. The molecule has 6 nitrogen and oxygen atoms in total. The molecule has 0 unspecified atom stereocenters. The van der Waals surface area contributed by atoms with Crippen LogP contribution in [0.25, 0.3) is 0 Å². The largest absolute Gasteiger partial charge is 0.460 e. The van der Waals surface area contributed by atoms with E-state index in [4.69, 9.17) is 9.26 Å². The SMILES string of the molecule is CCNCc1noc([C@@H](CCCC2CCCCC2)CC(=O)OC(C)(C)C)n1. The van der Waals surface area contributed by atoms with Crippen LogP contribution in [0.4, 0.5) is 0 Å². The van der Waals surface area contributed by atoms with Crippen LogP contribution in [-0.4, -0.2) is 28.3 Å². The predicted octanol–water partition coefficient (Wildman–Crippen LogP) is 4.75. The number of esters is 1. The summed E-state index contributed by atoms with van der Waals surface area (Å²) >= 11 is 0. The van der Waals surface area contributed by atoms with Gasteiger partial charge >= 0.3 is 5.97 Å². The number of hydrogen-bond acceptors (Lipinski definition) is 6. The van der Waals surface area contributed by atoms with Crippen LogP contribution < -0.4 is 5.32 Å². The first-order valence-corrected chi connectivity index (χ1v) is 10.6. The highest BCUT2D eigenvalue weighted by atomic mass is 16.6. The molecule has 1 saturated carbocycles. The number of aromatic nitrogens is 2. The van der Waals surface area contributed by atoms with Crippen LogP contribution in [0, 0.1) is 5.92 Å². The predicted molar refractivity (Wildman–Crippen MR) is 105 cm³/mol. The molecule has 1 atom stereocenters. The van der Waals surface area contributed by atoms with E-state index in [1.165, 1.54) is 38.5 Å². The summed E-state index contributed by atoms with van der Waals surface area (Å²) in [5.41, 5.74) is -0.477. The van der Waals surface area contributed by atoms with Crippen molar-refractivity contribution in [2.45, 2.75) is 104 Å². The molecule has 27 heavy (non-hydrogen) atoms. The van der Waals surface area contributed by atoms with Crippen molar-refractivity contribution in [2.75, 3.05) is 6.54 Å². The van der Waals surface area contributed by atoms with E-state index < -0.39 is 5.60 Å². The number of nitrogens with zero attached hydrogens (tertiary/aromatic N) is 2. The Labute approximate surface area is 163 Å². The van der Waals surface area contributed by atoms with E-state index in [-0.39, 0.29) is 11.9 Å². The Kier molecular flexibility index (Phi) is 8.74. The minimum atomic E-state index is -0.477. The van der Waals surface area contributed by atoms with Gasteiger partial charge < -0.3 is 14.6 Å². The first-order chi connectivity index (χ1) is 12.9. The molecule has 154 valence electrons. The van der Waals surface area contributed by atoms with Gasteiger partial charge in [-0.25, -0.2) is 0 Å². The maximum atomic E-state index is 12.4. The van der Waals surface area contributed by atoms with Crippen molar-refractivity contribution >= 4 is 5.97 Å². The molecule has 0 aliphatic heterocycles. The molecule has 0 bridgehead atoms. The molecule has 0 saturated heterocycles. The third kappa shape index (κ3) is 8.41.